The van der Waals surface area contributed by atoms with Crippen molar-refractivity contribution in [3.8, 4) is 11.3 Å². The second kappa shape index (κ2) is 9.58. The van der Waals surface area contributed by atoms with Gasteiger partial charge in [0, 0.05) is 59.9 Å². The Morgan fingerprint density at radius 2 is 1.76 bits per heavy atom. The molecule has 8 nitrogen and oxygen atoms in total. The van der Waals surface area contributed by atoms with Crippen molar-refractivity contribution in [3.63, 3.8) is 0 Å². The van der Waals surface area contributed by atoms with E-state index in [2.05, 4.69) is 20.3 Å². The molecule has 0 spiro atoms. The van der Waals surface area contributed by atoms with Gasteiger partial charge in [-0.15, -0.1) is 0 Å². The standard InChI is InChI=1S/C24H20ClFN6O2/c25-32-23(33)13-21(19-7-10-28-14-20(19)26)30-24(32)31-11-12-34-22(15-31)16-1-3-17(4-2-16)29-18-5-8-27-9-6-18/h1-10,13-14,22H,11-12,15H2,(H,27,29)/t22-/m1/s1. The van der Waals surface area contributed by atoms with Gasteiger partial charge in [0.1, 0.15) is 6.10 Å². The minimum absolute atomic E-state index is 0.188. The number of halogens is 2. The fourth-order valence-electron chi connectivity index (χ4n) is 3.79. The fourth-order valence-corrected chi connectivity index (χ4v) is 3.98. The van der Waals surface area contributed by atoms with Crippen molar-refractivity contribution >= 4 is 29.1 Å². The molecule has 5 rings (SSSR count). The number of nitrogens with zero attached hydrogens (tertiary/aromatic N) is 5. The summed E-state index contributed by atoms with van der Waals surface area (Å²) < 4.78 is 21.2. The third-order valence-electron chi connectivity index (χ3n) is 5.50. The lowest BCUT2D eigenvalue weighted by Gasteiger charge is -2.34. The van der Waals surface area contributed by atoms with Crippen LogP contribution in [-0.4, -0.2) is 38.7 Å². The van der Waals surface area contributed by atoms with Crippen LogP contribution in [0.1, 0.15) is 11.7 Å². The Labute approximate surface area is 199 Å². The maximum atomic E-state index is 14.2. The predicted molar refractivity (Wildman–Crippen MR) is 128 cm³/mol. The molecular formula is C24H20ClFN6O2. The van der Waals surface area contributed by atoms with E-state index in [0.29, 0.717) is 19.7 Å². The molecule has 4 heterocycles. The van der Waals surface area contributed by atoms with E-state index in [9.17, 15) is 9.18 Å². The number of aromatic nitrogens is 4. The van der Waals surface area contributed by atoms with Crippen LogP contribution in [0.4, 0.5) is 21.7 Å². The summed E-state index contributed by atoms with van der Waals surface area (Å²) in [6.07, 6.45) is 5.73. The molecule has 1 aromatic carbocycles. The number of hydrogen-bond acceptors (Lipinski definition) is 7. The molecule has 1 N–H and O–H groups in total. The average Bonchev–Trinajstić information content (AvgIpc) is 2.87. The highest BCUT2D eigenvalue weighted by Crippen LogP contribution is 2.28. The monoisotopic (exact) mass is 478 g/mol. The highest BCUT2D eigenvalue weighted by Gasteiger charge is 2.26. The lowest BCUT2D eigenvalue weighted by Crippen LogP contribution is -2.41. The molecule has 4 aromatic rings. The predicted octanol–water partition coefficient (Wildman–Crippen LogP) is 4.16. The zero-order chi connectivity index (χ0) is 23.5. The van der Waals surface area contributed by atoms with E-state index in [1.165, 1.54) is 18.3 Å². The molecule has 172 valence electrons. The van der Waals surface area contributed by atoms with E-state index < -0.39 is 11.4 Å². The van der Waals surface area contributed by atoms with E-state index in [1.54, 1.807) is 12.4 Å². The number of rotatable bonds is 5. The molecule has 1 aliphatic rings. The van der Waals surface area contributed by atoms with Gasteiger partial charge in [-0.3, -0.25) is 14.8 Å². The molecule has 1 aliphatic heterocycles. The summed E-state index contributed by atoms with van der Waals surface area (Å²) in [4.78, 5) is 26.6. The molecule has 0 amide bonds. The first-order valence-electron chi connectivity index (χ1n) is 10.6. The number of morpholine rings is 1. The minimum Gasteiger partial charge on any atom is -0.370 e. The van der Waals surface area contributed by atoms with Gasteiger partial charge in [0.05, 0.1) is 25.0 Å². The second-order valence-electron chi connectivity index (χ2n) is 7.70. The van der Waals surface area contributed by atoms with Crippen molar-refractivity contribution < 1.29 is 9.13 Å². The number of nitrogens with one attached hydrogen (secondary N) is 1. The van der Waals surface area contributed by atoms with Crippen LogP contribution in [0.15, 0.2) is 78.1 Å². The lowest BCUT2D eigenvalue weighted by molar-refractivity contribution is 0.0391. The average molecular weight is 479 g/mol. The smallest absolute Gasteiger partial charge is 0.270 e. The van der Waals surface area contributed by atoms with Crippen LogP contribution in [0.25, 0.3) is 11.3 Å². The summed E-state index contributed by atoms with van der Waals surface area (Å²) in [6, 6.07) is 14.4. The Hall–Kier alpha value is -3.82. The summed E-state index contributed by atoms with van der Waals surface area (Å²) >= 11 is 6.26. The third kappa shape index (κ3) is 4.61. The van der Waals surface area contributed by atoms with Gasteiger partial charge in [-0.05, 0) is 35.9 Å². The highest BCUT2D eigenvalue weighted by atomic mass is 35.5. The van der Waals surface area contributed by atoms with Gasteiger partial charge in [-0.25, -0.2) is 9.37 Å². The van der Waals surface area contributed by atoms with Gasteiger partial charge in [-0.2, -0.15) is 4.09 Å². The first kappa shape index (κ1) is 22.0. The first-order chi connectivity index (χ1) is 16.6. The molecule has 3 aromatic heterocycles. The van der Waals surface area contributed by atoms with E-state index in [4.69, 9.17) is 16.5 Å². The minimum atomic E-state index is -0.562. The van der Waals surface area contributed by atoms with Crippen LogP contribution < -0.4 is 15.8 Å². The zero-order valence-electron chi connectivity index (χ0n) is 17.9. The molecule has 1 fully saturated rings. The van der Waals surface area contributed by atoms with Crippen LogP contribution in [0.3, 0.4) is 0 Å². The van der Waals surface area contributed by atoms with Crippen LogP contribution in [-0.2, 0) is 4.74 Å². The van der Waals surface area contributed by atoms with Crippen molar-refractivity contribution in [2.24, 2.45) is 0 Å². The summed E-state index contributed by atoms with van der Waals surface area (Å²) in [5, 5.41) is 3.32. The molecule has 0 bridgehead atoms. The van der Waals surface area contributed by atoms with E-state index >= 15 is 0 Å². The topological polar surface area (TPSA) is 85.2 Å². The van der Waals surface area contributed by atoms with Gasteiger partial charge >= 0.3 is 0 Å². The lowest BCUT2D eigenvalue weighted by atomic mass is 10.1. The SMILES string of the molecule is O=c1cc(-c2ccncc2F)nc(N2CCO[C@@H](c3ccc(Nc4ccncc4)cc3)C2)n1Cl. The molecule has 10 heteroatoms. The Morgan fingerprint density at radius 1 is 1.03 bits per heavy atom. The molecule has 0 aliphatic carbocycles. The molecule has 34 heavy (non-hydrogen) atoms. The van der Waals surface area contributed by atoms with Crippen molar-refractivity contribution in [2.75, 3.05) is 29.9 Å². The number of pyridine rings is 2. The molecule has 1 saturated heterocycles. The van der Waals surface area contributed by atoms with Crippen molar-refractivity contribution in [1.82, 2.24) is 19.0 Å². The largest absolute Gasteiger partial charge is 0.370 e. The Kier molecular flexibility index (Phi) is 6.20. The van der Waals surface area contributed by atoms with Gasteiger partial charge in [0.2, 0.25) is 5.95 Å². The van der Waals surface area contributed by atoms with Crippen LogP contribution in [0.2, 0.25) is 0 Å². The highest BCUT2D eigenvalue weighted by molar-refractivity contribution is 6.16. The second-order valence-corrected chi connectivity index (χ2v) is 8.04. The van der Waals surface area contributed by atoms with Gasteiger partial charge in [0.25, 0.3) is 5.56 Å². The Balaban J connectivity index is 1.37. The summed E-state index contributed by atoms with van der Waals surface area (Å²) in [5.74, 6) is -0.322. The zero-order valence-corrected chi connectivity index (χ0v) is 18.7. The first-order valence-corrected chi connectivity index (χ1v) is 11.0. The maximum absolute atomic E-state index is 14.2. The molecule has 0 saturated carbocycles. The molecule has 0 radical (unpaired) electrons. The summed E-state index contributed by atoms with van der Waals surface area (Å²) in [6.45, 7) is 1.33. The number of anilines is 3. The van der Waals surface area contributed by atoms with Crippen molar-refractivity contribution in [3.05, 3.63) is 95.1 Å². The van der Waals surface area contributed by atoms with Crippen molar-refractivity contribution in [2.45, 2.75) is 6.10 Å². The van der Waals surface area contributed by atoms with Crippen molar-refractivity contribution in [1.29, 1.82) is 0 Å². The molecular weight excluding hydrogens is 459 g/mol. The number of ether oxygens (including phenoxy) is 1. The Bertz CT molecular complexity index is 1350. The quantitative estimate of drug-likeness (QED) is 0.461. The fraction of sp³-hybridized carbons (Fsp3) is 0.167. The van der Waals surface area contributed by atoms with E-state index in [-0.39, 0.29) is 23.3 Å². The van der Waals surface area contributed by atoms with Gasteiger partial charge < -0.3 is 15.0 Å². The van der Waals surface area contributed by atoms with E-state index in [0.717, 1.165) is 27.2 Å². The number of hydrogen-bond donors (Lipinski definition) is 1. The van der Waals surface area contributed by atoms with Gasteiger partial charge in [0.15, 0.2) is 5.82 Å². The normalized spacial score (nSPS) is 15.8. The summed E-state index contributed by atoms with van der Waals surface area (Å²) in [7, 11) is 0. The maximum Gasteiger partial charge on any atom is 0.270 e. The van der Waals surface area contributed by atoms with Crippen LogP contribution in [0.5, 0.6) is 0 Å². The van der Waals surface area contributed by atoms with E-state index in [1.807, 2.05) is 41.3 Å². The number of benzene rings is 1. The van der Waals surface area contributed by atoms with Gasteiger partial charge in [-0.1, -0.05) is 12.1 Å². The van der Waals surface area contributed by atoms with Crippen LogP contribution in [0, 0.1) is 5.82 Å². The third-order valence-corrected chi connectivity index (χ3v) is 5.82. The van der Waals surface area contributed by atoms with Crippen LogP contribution >= 0.6 is 11.8 Å². The summed E-state index contributed by atoms with van der Waals surface area (Å²) in [5.41, 5.74) is 2.75. The molecule has 0 unspecified atom stereocenters. The molecule has 1 atom stereocenters. The Morgan fingerprint density at radius 3 is 2.53 bits per heavy atom.